The van der Waals surface area contributed by atoms with Gasteiger partial charge in [-0.15, -0.1) is 4.99 Å². The molecule has 0 N–H and O–H groups in total. The van der Waals surface area contributed by atoms with Crippen LogP contribution in [0.5, 0.6) is 0 Å². The van der Waals surface area contributed by atoms with Gasteiger partial charge < -0.3 is 4.52 Å². The molecule has 1 heterocycles. The number of benzene rings is 1. The molecule has 5 heteroatoms. The van der Waals surface area contributed by atoms with Crippen molar-refractivity contribution in [2.45, 2.75) is 6.92 Å². The zero-order chi connectivity index (χ0) is 11.5. The number of nitrogens with zero attached hydrogens (tertiary/aromatic N) is 2. The van der Waals surface area contributed by atoms with E-state index in [0.29, 0.717) is 10.8 Å². The Morgan fingerprint density at radius 3 is 2.94 bits per heavy atom. The number of rotatable bonds is 2. The molecule has 0 saturated carbocycles. The molecule has 80 valence electrons. The third kappa shape index (κ3) is 2.03. The minimum absolute atomic E-state index is 0.206. The molecule has 0 aliphatic rings. The van der Waals surface area contributed by atoms with Gasteiger partial charge >= 0.3 is 0 Å². The third-order valence-corrected chi connectivity index (χ3v) is 2.52. The monoisotopic (exact) mass is 234 g/mol. The summed E-state index contributed by atoms with van der Waals surface area (Å²) in [6, 6.07) is 7.02. The fourth-order valence-electron chi connectivity index (χ4n) is 1.30. The molecule has 1 aromatic heterocycles. The van der Waals surface area contributed by atoms with E-state index >= 15 is 0 Å². The number of aryl methyl sites for hydroxylation is 1. The first-order valence-corrected chi connectivity index (χ1v) is 4.89. The molecule has 4 nitrogen and oxygen atoms in total. The van der Waals surface area contributed by atoms with Crippen molar-refractivity contribution >= 4 is 23.5 Å². The van der Waals surface area contributed by atoms with Crippen LogP contribution in [0.3, 0.4) is 0 Å². The minimum Gasteiger partial charge on any atom is -0.354 e. The fourth-order valence-corrected chi connectivity index (χ4v) is 1.42. The van der Waals surface area contributed by atoms with Gasteiger partial charge in [0.1, 0.15) is 0 Å². The minimum atomic E-state index is 0.206. The van der Waals surface area contributed by atoms with Crippen molar-refractivity contribution < 1.29 is 9.32 Å². The van der Waals surface area contributed by atoms with Crippen molar-refractivity contribution in [3.63, 3.8) is 0 Å². The van der Waals surface area contributed by atoms with Gasteiger partial charge in [0, 0.05) is 16.7 Å². The van der Waals surface area contributed by atoms with Crippen LogP contribution in [0.2, 0.25) is 5.02 Å². The average Bonchev–Trinajstić information content (AvgIpc) is 2.71. The van der Waals surface area contributed by atoms with E-state index < -0.39 is 0 Å². The van der Waals surface area contributed by atoms with Crippen molar-refractivity contribution in [2.24, 2.45) is 4.99 Å². The lowest BCUT2D eigenvalue weighted by molar-refractivity contribution is 0.434. The first-order valence-electron chi connectivity index (χ1n) is 4.52. The number of hydrogen-bond donors (Lipinski definition) is 0. The lowest BCUT2D eigenvalue weighted by atomic mass is 10.1. The van der Waals surface area contributed by atoms with Gasteiger partial charge in [0.25, 0.3) is 0 Å². The number of isocyanates is 1. The Morgan fingerprint density at radius 1 is 1.44 bits per heavy atom. The molecule has 0 atom stereocenters. The van der Waals surface area contributed by atoms with Crippen molar-refractivity contribution in [3.8, 4) is 11.3 Å². The number of halogens is 1. The quantitative estimate of drug-likeness (QED) is 0.592. The van der Waals surface area contributed by atoms with Gasteiger partial charge in [-0.05, 0) is 30.7 Å². The maximum atomic E-state index is 10.0. The van der Waals surface area contributed by atoms with E-state index in [-0.39, 0.29) is 5.82 Å². The largest absolute Gasteiger partial charge is 0.354 e. The molecule has 0 spiro atoms. The van der Waals surface area contributed by atoms with Gasteiger partial charge in [-0.3, -0.25) is 0 Å². The lowest BCUT2D eigenvalue weighted by Gasteiger charge is -1.99. The molecule has 2 rings (SSSR count). The third-order valence-electron chi connectivity index (χ3n) is 2.10. The molecule has 0 fully saturated rings. The van der Waals surface area contributed by atoms with Gasteiger partial charge in [-0.2, -0.15) is 0 Å². The highest BCUT2D eigenvalue weighted by molar-refractivity contribution is 6.31. The van der Waals surface area contributed by atoms with E-state index in [2.05, 4.69) is 10.1 Å². The Morgan fingerprint density at radius 2 is 2.25 bits per heavy atom. The van der Waals surface area contributed by atoms with Crippen LogP contribution in [-0.4, -0.2) is 11.2 Å². The van der Waals surface area contributed by atoms with Crippen molar-refractivity contribution in [1.29, 1.82) is 0 Å². The SMILES string of the molecule is Cc1cc(-c2cc(N=C=O)no2)ccc1Cl. The summed E-state index contributed by atoms with van der Waals surface area (Å²) in [4.78, 5) is 13.4. The standard InChI is InChI=1S/C11H7ClN2O2/c1-7-4-8(2-3-9(7)12)10-5-11(13-6-15)14-16-10/h2-5H,1H3. The Labute approximate surface area is 96.5 Å². The van der Waals surface area contributed by atoms with Gasteiger partial charge in [0.05, 0.1) is 0 Å². The van der Waals surface area contributed by atoms with E-state index in [4.69, 9.17) is 16.1 Å². The smallest absolute Gasteiger partial charge is 0.242 e. The molecule has 0 aliphatic carbocycles. The van der Waals surface area contributed by atoms with E-state index in [1.165, 1.54) is 6.08 Å². The molecule has 0 amide bonds. The molecule has 0 bridgehead atoms. The zero-order valence-electron chi connectivity index (χ0n) is 8.40. The first-order chi connectivity index (χ1) is 7.70. The molecule has 0 saturated heterocycles. The van der Waals surface area contributed by atoms with Gasteiger partial charge in [-0.1, -0.05) is 16.8 Å². The summed E-state index contributed by atoms with van der Waals surface area (Å²) in [7, 11) is 0. The van der Waals surface area contributed by atoms with Gasteiger partial charge in [-0.25, -0.2) is 4.79 Å². The molecule has 16 heavy (non-hydrogen) atoms. The summed E-state index contributed by atoms with van der Waals surface area (Å²) >= 11 is 5.91. The normalized spacial score (nSPS) is 9.88. The lowest BCUT2D eigenvalue weighted by Crippen LogP contribution is -1.78. The van der Waals surface area contributed by atoms with E-state index in [0.717, 1.165) is 11.1 Å². The Bertz CT molecular complexity index is 571. The van der Waals surface area contributed by atoms with E-state index in [1.54, 1.807) is 12.1 Å². The predicted molar refractivity (Wildman–Crippen MR) is 59.5 cm³/mol. The Hall–Kier alpha value is -1.90. The maximum absolute atomic E-state index is 10.0. The van der Waals surface area contributed by atoms with Crippen LogP contribution in [0.25, 0.3) is 11.3 Å². The summed E-state index contributed by atoms with van der Waals surface area (Å²) in [6.07, 6.45) is 1.40. The number of aliphatic imine (C=N–C) groups is 1. The van der Waals surface area contributed by atoms with Crippen LogP contribution >= 0.6 is 11.6 Å². The van der Waals surface area contributed by atoms with Crippen LogP contribution in [0.15, 0.2) is 33.8 Å². The highest BCUT2D eigenvalue weighted by atomic mass is 35.5. The second kappa shape index (κ2) is 4.31. The van der Waals surface area contributed by atoms with Crippen LogP contribution in [0.1, 0.15) is 5.56 Å². The topological polar surface area (TPSA) is 55.5 Å². The van der Waals surface area contributed by atoms with Crippen LogP contribution in [0.4, 0.5) is 5.82 Å². The maximum Gasteiger partial charge on any atom is 0.242 e. The molecule has 0 unspecified atom stereocenters. The average molecular weight is 235 g/mol. The Balaban J connectivity index is 2.42. The summed E-state index contributed by atoms with van der Waals surface area (Å²) < 4.78 is 5.03. The summed E-state index contributed by atoms with van der Waals surface area (Å²) in [5.74, 6) is 0.742. The molecular weight excluding hydrogens is 228 g/mol. The predicted octanol–water partition coefficient (Wildman–Crippen LogP) is 3.27. The highest BCUT2D eigenvalue weighted by Gasteiger charge is 2.07. The van der Waals surface area contributed by atoms with Crippen LogP contribution < -0.4 is 0 Å². The van der Waals surface area contributed by atoms with Crippen molar-refractivity contribution in [1.82, 2.24) is 5.16 Å². The molecule has 0 aliphatic heterocycles. The second-order valence-electron chi connectivity index (χ2n) is 3.22. The highest BCUT2D eigenvalue weighted by Crippen LogP contribution is 2.27. The summed E-state index contributed by atoms with van der Waals surface area (Å²) in [5, 5.41) is 4.29. The number of carbonyl (C=O) groups excluding carboxylic acids is 1. The summed E-state index contributed by atoms with van der Waals surface area (Å²) in [5.41, 5.74) is 1.78. The molecule has 1 aromatic carbocycles. The molecular formula is C11H7ClN2O2. The fraction of sp³-hybridized carbons (Fsp3) is 0.0909. The van der Waals surface area contributed by atoms with E-state index in [9.17, 15) is 4.79 Å². The van der Waals surface area contributed by atoms with Crippen LogP contribution in [-0.2, 0) is 4.79 Å². The Kier molecular flexibility index (Phi) is 2.86. The molecule has 0 radical (unpaired) electrons. The van der Waals surface area contributed by atoms with Crippen molar-refractivity contribution in [2.75, 3.05) is 0 Å². The number of hydrogen-bond acceptors (Lipinski definition) is 4. The van der Waals surface area contributed by atoms with Crippen molar-refractivity contribution in [3.05, 3.63) is 34.9 Å². The summed E-state index contributed by atoms with van der Waals surface area (Å²) in [6.45, 7) is 1.90. The first kappa shape index (κ1) is 10.6. The second-order valence-corrected chi connectivity index (χ2v) is 3.62. The number of aromatic nitrogens is 1. The van der Waals surface area contributed by atoms with Crippen LogP contribution in [0, 0.1) is 6.92 Å². The van der Waals surface area contributed by atoms with Gasteiger partial charge in [0.2, 0.25) is 11.9 Å². The van der Waals surface area contributed by atoms with Gasteiger partial charge in [0.15, 0.2) is 5.76 Å². The molecule has 2 aromatic rings. The zero-order valence-corrected chi connectivity index (χ0v) is 9.15. The van der Waals surface area contributed by atoms with E-state index in [1.807, 2.05) is 19.1 Å².